The first-order chi connectivity index (χ1) is 16.6. The Balaban J connectivity index is 1.25. The standard InChI is InChI=1S/C25H22ClN7O/c26-18-6-8-19(9-7-18)32-15-21(29-16-32)25(11-12-25)31-23-27-13-10-22(30-23)33-20(14-28-24(33)34)17-4-2-1-3-5-17/h1-10,13,15-16,20H,11-12,14H2,(H,28,34)(H,27,30,31). The Labute approximate surface area is 201 Å². The van der Waals surface area contributed by atoms with Gasteiger partial charge in [-0.25, -0.2) is 14.8 Å². The van der Waals surface area contributed by atoms with Crippen LogP contribution in [0.1, 0.15) is 30.1 Å². The van der Waals surface area contributed by atoms with Crippen LogP contribution >= 0.6 is 11.6 Å². The maximum atomic E-state index is 12.7. The van der Waals surface area contributed by atoms with Gasteiger partial charge in [-0.05, 0) is 48.7 Å². The summed E-state index contributed by atoms with van der Waals surface area (Å²) in [6, 6.07) is 19.1. The highest BCUT2D eigenvalue weighted by Crippen LogP contribution is 2.47. The van der Waals surface area contributed by atoms with Crippen LogP contribution in [0.15, 0.2) is 79.4 Å². The number of amides is 2. The molecule has 1 atom stereocenters. The van der Waals surface area contributed by atoms with Crippen LogP contribution in [0.5, 0.6) is 0 Å². The first-order valence-electron chi connectivity index (χ1n) is 11.1. The van der Waals surface area contributed by atoms with E-state index in [0.717, 1.165) is 29.8 Å². The lowest BCUT2D eigenvalue weighted by Gasteiger charge is -2.23. The molecule has 1 aliphatic heterocycles. The molecule has 2 aromatic carbocycles. The molecule has 9 heteroatoms. The van der Waals surface area contributed by atoms with Crippen molar-refractivity contribution in [2.24, 2.45) is 0 Å². The van der Waals surface area contributed by atoms with Crippen LogP contribution in [0.4, 0.5) is 16.6 Å². The third-order valence-corrected chi connectivity index (χ3v) is 6.60. The molecule has 2 aliphatic rings. The fraction of sp³-hybridized carbons (Fsp3) is 0.200. The molecular formula is C25H22ClN7O. The van der Waals surface area contributed by atoms with Gasteiger partial charge in [0.25, 0.3) is 0 Å². The van der Waals surface area contributed by atoms with Crippen LogP contribution in [0, 0.1) is 0 Å². The topological polar surface area (TPSA) is 88.0 Å². The number of benzene rings is 2. The van der Waals surface area contributed by atoms with Gasteiger partial charge >= 0.3 is 6.03 Å². The van der Waals surface area contributed by atoms with E-state index < -0.39 is 0 Å². The van der Waals surface area contributed by atoms with Gasteiger partial charge in [0.2, 0.25) is 5.95 Å². The van der Waals surface area contributed by atoms with Gasteiger partial charge in [0.1, 0.15) is 5.82 Å². The monoisotopic (exact) mass is 471 g/mol. The van der Waals surface area contributed by atoms with Crippen LogP contribution in [0.2, 0.25) is 5.02 Å². The summed E-state index contributed by atoms with van der Waals surface area (Å²) in [7, 11) is 0. The highest BCUT2D eigenvalue weighted by Gasteiger charge is 2.47. The molecule has 8 nitrogen and oxygen atoms in total. The van der Waals surface area contributed by atoms with Gasteiger partial charge < -0.3 is 15.2 Å². The molecule has 1 unspecified atom stereocenters. The summed E-state index contributed by atoms with van der Waals surface area (Å²) in [5.41, 5.74) is 2.66. The number of nitrogens with one attached hydrogen (secondary N) is 2. The van der Waals surface area contributed by atoms with Gasteiger partial charge in [-0.3, -0.25) is 4.90 Å². The van der Waals surface area contributed by atoms with Crippen molar-refractivity contribution in [2.45, 2.75) is 24.4 Å². The summed E-state index contributed by atoms with van der Waals surface area (Å²) in [5, 5.41) is 7.10. The van der Waals surface area contributed by atoms with E-state index in [1.54, 1.807) is 23.5 Å². The maximum Gasteiger partial charge on any atom is 0.323 e. The normalized spacial score (nSPS) is 18.6. The summed E-state index contributed by atoms with van der Waals surface area (Å²) >= 11 is 6.01. The molecule has 1 saturated carbocycles. The minimum atomic E-state index is -0.317. The number of hydrogen-bond donors (Lipinski definition) is 2. The van der Waals surface area contributed by atoms with Crippen LogP contribution in [0.25, 0.3) is 5.69 Å². The molecule has 0 spiro atoms. The lowest BCUT2D eigenvalue weighted by Crippen LogP contribution is -2.31. The van der Waals surface area contributed by atoms with Gasteiger partial charge in [-0.1, -0.05) is 41.9 Å². The van der Waals surface area contributed by atoms with Gasteiger partial charge in [-0.15, -0.1) is 0 Å². The van der Waals surface area contributed by atoms with Crippen molar-refractivity contribution < 1.29 is 4.79 Å². The quantitative estimate of drug-likeness (QED) is 0.426. The number of carbonyl (C=O) groups is 1. The zero-order chi connectivity index (χ0) is 23.1. The first kappa shape index (κ1) is 20.7. The molecule has 2 aromatic heterocycles. The maximum absolute atomic E-state index is 12.7. The molecular weight excluding hydrogens is 450 g/mol. The molecule has 1 aliphatic carbocycles. The number of urea groups is 1. The molecule has 170 valence electrons. The van der Waals surface area contributed by atoms with Crippen LogP contribution < -0.4 is 15.5 Å². The van der Waals surface area contributed by atoms with Crippen molar-refractivity contribution in [1.82, 2.24) is 24.8 Å². The van der Waals surface area contributed by atoms with Gasteiger partial charge in [0.05, 0.1) is 23.6 Å². The van der Waals surface area contributed by atoms with Gasteiger partial charge in [0, 0.05) is 29.6 Å². The molecule has 34 heavy (non-hydrogen) atoms. The number of rotatable bonds is 6. The first-order valence-corrected chi connectivity index (χ1v) is 11.5. The summed E-state index contributed by atoms with van der Waals surface area (Å²) in [6.07, 6.45) is 7.36. The molecule has 0 bridgehead atoms. The Morgan fingerprint density at radius 1 is 1.03 bits per heavy atom. The Hall–Kier alpha value is -3.91. The number of halogens is 1. The number of nitrogens with zero attached hydrogens (tertiary/aromatic N) is 5. The summed E-state index contributed by atoms with van der Waals surface area (Å²) < 4.78 is 1.98. The van der Waals surface area contributed by atoms with E-state index in [2.05, 4.69) is 20.6 Å². The van der Waals surface area contributed by atoms with E-state index in [1.165, 1.54) is 0 Å². The minimum Gasteiger partial charge on any atom is -0.343 e. The van der Waals surface area contributed by atoms with E-state index >= 15 is 0 Å². The van der Waals surface area contributed by atoms with E-state index in [9.17, 15) is 4.79 Å². The Kier molecular flexibility index (Phi) is 4.95. The second-order valence-corrected chi connectivity index (χ2v) is 9.01. The highest BCUT2D eigenvalue weighted by atomic mass is 35.5. The number of hydrogen-bond acceptors (Lipinski definition) is 5. The van der Waals surface area contributed by atoms with Gasteiger partial charge in [0.15, 0.2) is 0 Å². The Morgan fingerprint density at radius 2 is 1.82 bits per heavy atom. The van der Waals surface area contributed by atoms with E-state index in [1.807, 2.05) is 65.4 Å². The largest absolute Gasteiger partial charge is 0.343 e. The lowest BCUT2D eigenvalue weighted by atomic mass is 10.1. The Bertz CT molecular complexity index is 1330. The average Bonchev–Trinajstić information content (AvgIpc) is 3.28. The highest BCUT2D eigenvalue weighted by molar-refractivity contribution is 6.30. The Morgan fingerprint density at radius 3 is 2.59 bits per heavy atom. The third-order valence-electron chi connectivity index (χ3n) is 6.35. The molecule has 3 heterocycles. The minimum absolute atomic E-state index is 0.124. The zero-order valence-corrected chi connectivity index (χ0v) is 19.0. The fourth-order valence-corrected chi connectivity index (χ4v) is 4.49. The van der Waals surface area contributed by atoms with Crippen molar-refractivity contribution in [3.63, 3.8) is 0 Å². The van der Waals surface area contributed by atoms with Crippen molar-refractivity contribution in [2.75, 3.05) is 16.8 Å². The molecule has 2 amide bonds. The summed E-state index contributed by atoms with van der Waals surface area (Å²) in [4.78, 5) is 28.1. The predicted molar refractivity (Wildman–Crippen MR) is 130 cm³/mol. The molecule has 2 fully saturated rings. The van der Waals surface area contributed by atoms with Crippen molar-refractivity contribution in [1.29, 1.82) is 0 Å². The fourth-order valence-electron chi connectivity index (χ4n) is 4.36. The van der Waals surface area contributed by atoms with E-state index in [4.69, 9.17) is 16.6 Å². The van der Waals surface area contributed by atoms with Crippen molar-refractivity contribution >= 4 is 29.4 Å². The van der Waals surface area contributed by atoms with Crippen LogP contribution in [0.3, 0.4) is 0 Å². The molecule has 1 saturated heterocycles. The van der Waals surface area contributed by atoms with Gasteiger partial charge in [-0.2, -0.15) is 4.98 Å². The molecule has 2 N–H and O–H groups in total. The molecule has 6 rings (SSSR count). The molecule has 4 aromatic rings. The zero-order valence-electron chi connectivity index (χ0n) is 18.2. The number of imidazole rings is 1. The third kappa shape index (κ3) is 3.76. The predicted octanol–water partition coefficient (Wildman–Crippen LogP) is 4.69. The number of carbonyl (C=O) groups excluding carboxylic acids is 1. The second-order valence-electron chi connectivity index (χ2n) is 8.57. The smallest absolute Gasteiger partial charge is 0.323 e. The summed E-state index contributed by atoms with van der Waals surface area (Å²) in [6.45, 7) is 0.529. The summed E-state index contributed by atoms with van der Waals surface area (Å²) in [5.74, 6) is 1.03. The average molecular weight is 472 g/mol. The molecule has 0 radical (unpaired) electrons. The van der Waals surface area contributed by atoms with E-state index in [-0.39, 0.29) is 17.6 Å². The lowest BCUT2D eigenvalue weighted by molar-refractivity contribution is 0.251. The van der Waals surface area contributed by atoms with Crippen molar-refractivity contribution in [3.8, 4) is 5.69 Å². The second kappa shape index (κ2) is 8.14. The van der Waals surface area contributed by atoms with Crippen LogP contribution in [-0.2, 0) is 5.54 Å². The van der Waals surface area contributed by atoms with Crippen LogP contribution in [-0.4, -0.2) is 32.1 Å². The number of aromatic nitrogens is 4. The van der Waals surface area contributed by atoms with Crippen molar-refractivity contribution in [3.05, 3.63) is 95.7 Å². The van der Waals surface area contributed by atoms with E-state index in [0.29, 0.717) is 23.3 Å². The SMILES string of the molecule is O=C1NCC(c2ccccc2)N1c1ccnc(NC2(c3cn(-c4ccc(Cl)cc4)cn3)CC2)n1. The number of anilines is 2.